The number of rotatable bonds is 4. The molecule has 23 heavy (non-hydrogen) atoms. The first-order valence-electron chi connectivity index (χ1n) is 7.80. The Morgan fingerprint density at radius 3 is 2.83 bits per heavy atom. The molecule has 1 aliphatic rings. The van der Waals surface area contributed by atoms with E-state index in [9.17, 15) is 4.79 Å². The van der Waals surface area contributed by atoms with Crippen LogP contribution < -0.4 is 9.64 Å². The smallest absolute Gasteiger partial charge is 0.264 e. The number of hydrogen-bond donors (Lipinski definition) is 0. The number of carbonyl (C=O) groups excluding carboxylic acids is 1. The minimum atomic E-state index is -0.0338. The summed E-state index contributed by atoms with van der Waals surface area (Å²) in [5, 5.41) is 0. The van der Waals surface area contributed by atoms with Gasteiger partial charge < -0.3 is 14.4 Å². The Balaban J connectivity index is 1.73. The van der Waals surface area contributed by atoms with Gasteiger partial charge in [0.2, 0.25) is 0 Å². The van der Waals surface area contributed by atoms with Gasteiger partial charge in [-0.05, 0) is 37.1 Å². The number of nitrogens with zero attached hydrogens (tertiary/aromatic N) is 1. The van der Waals surface area contributed by atoms with Crippen molar-refractivity contribution < 1.29 is 14.3 Å². The summed E-state index contributed by atoms with van der Waals surface area (Å²) in [7, 11) is 1.71. The number of fused-ring (bicyclic) bond motifs is 1. The maximum Gasteiger partial charge on any atom is 0.264 e. The number of carbonyl (C=O) groups is 1. The van der Waals surface area contributed by atoms with E-state index < -0.39 is 0 Å². The lowest BCUT2D eigenvalue weighted by Crippen LogP contribution is -2.39. The highest BCUT2D eigenvalue weighted by Gasteiger charge is 2.28. The molecule has 0 fully saturated rings. The van der Waals surface area contributed by atoms with Crippen LogP contribution in [0.3, 0.4) is 0 Å². The molecule has 2 aromatic rings. The predicted molar refractivity (Wildman–Crippen MR) is 89.8 cm³/mol. The van der Waals surface area contributed by atoms with E-state index in [-0.39, 0.29) is 18.6 Å². The lowest BCUT2D eigenvalue weighted by molar-refractivity contribution is -0.120. The SMILES string of the molecule is COC1CCN(C(=O)COc2cccc(C)c2)c2ccccc21. The van der Waals surface area contributed by atoms with Gasteiger partial charge in [0, 0.05) is 24.9 Å². The number of benzene rings is 2. The van der Waals surface area contributed by atoms with E-state index in [0.29, 0.717) is 6.54 Å². The molecular weight excluding hydrogens is 290 g/mol. The largest absolute Gasteiger partial charge is 0.484 e. The second kappa shape index (κ2) is 6.84. The number of anilines is 1. The van der Waals surface area contributed by atoms with Crippen molar-refractivity contribution in [1.29, 1.82) is 0 Å². The summed E-state index contributed by atoms with van der Waals surface area (Å²) in [4.78, 5) is 14.4. The Kier molecular flexibility index (Phi) is 4.63. The fraction of sp³-hybridized carbons (Fsp3) is 0.316. The zero-order chi connectivity index (χ0) is 16.2. The first-order valence-corrected chi connectivity index (χ1v) is 7.80. The number of para-hydroxylation sites is 1. The molecule has 1 atom stereocenters. The minimum Gasteiger partial charge on any atom is -0.484 e. The summed E-state index contributed by atoms with van der Waals surface area (Å²) in [6.45, 7) is 2.68. The second-order valence-electron chi connectivity index (χ2n) is 5.72. The maximum absolute atomic E-state index is 12.6. The van der Waals surface area contributed by atoms with E-state index in [4.69, 9.17) is 9.47 Å². The fourth-order valence-electron chi connectivity index (χ4n) is 2.96. The Morgan fingerprint density at radius 2 is 2.04 bits per heavy atom. The van der Waals surface area contributed by atoms with Crippen LogP contribution in [0.2, 0.25) is 0 Å². The molecule has 0 aromatic heterocycles. The molecule has 0 bridgehead atoms. The molecular formula is C19H21NO3. The van der Waals surface area contributed by atoms with Gasteiger partial charge in [0.05, 0.1) is 6.10 Å². The zero-order valence-corrected chi connectivity index (χ0v) is 13.5. The average Bonchev–Trinajstić information content (AvgIpc) is 2.58. The van der Waals surface area contributed by atoms with Crippen LogP contribution in [0.1, 0.15) is 23.7 Å². The van der Waals surface area contributed by atoms with Gasteiger partial charge in [0.15, 0.2) is 6.61 Å². The van der Waals surface area contributed by atoms with Gasteiger partial charge in [-0.25, -0.2) is 0 Å². The highest BCUT2D eigenvalue weighted by atomic mass is 16.5. The molecule has 3 rings (SSSR count). The summed E-state index contributed by atoms with van der Waals surface area (Å²) in [6.07, 6.45) is 0.844. The Morgan fingerprint density at radius 1 is 1.22 bits per heavy atom. The zero-order valence-electron chi connectivity index (χ0n) is 13.5. The molecule has 0 N–H and O–H groups in total. The molecule has 1 unspecified atom stereocenters. The molecule has 1 aliphatic heterocycles. The van der Waals surface area contributed by atoms with Crippen LogP contribution in [0, 0.1) is 6.92 Å². The van der Waals surface area contributed by atoms with Crippen molar-refractivity contribution in [3.63, 3.8) is 0 Å². The summed E-state index contributed by atoms with van der Waals surface area (Å²) in [5.74, 6) is 0.687. The molecule has 4 heteroatoms. The van der Waals surface area contributed by atoms with Gasteiger partial charge in [-0.1, -0.05) is 30.3 Å². The predicted octanol–water partition coefficient (Wildman–Crippen LogP) is 3.50. The summed E-state index contributed by atoms with van der Waals surface area (Å²) in [6, 6.07) is 15.6. The second-order valence-corrected chi connectivity index (χ2v) is 5.72. The number of aryl methyl sites for hydroxylation is 1. The monoisotopic (exact) mass is 311 g/mol. The van der Waals surface area contributed by atoms with E-state index in [2.05, 4.69) is 0 Å². The molecule has 1 amide bonds. The highest BCUT2D eigenvalue weighted by molar-refractivity contribution is 5.95. The first-order chi connectivity index (χ1) is 11.2. The van der Waals surface area contributed by atoms with Crippen LogP contribution in [0.15, 0.2) is 48.5 Å². The molecule has 0 aliphatic carbocycles. The van der Waals surface area contributed by atoms with Crippen LogP contribution in [-0.2, 0) is 9.53 Å². The van der Waals surface area contributed by atoms with Crippen LogP contribution in [-0.4, -0.2) is 26.2 Å². The Bertz CT molecular complexity index is 699. The number of hydrogen-bond acceptors (Lipinski definition) is 3. The van der Waals surface area contributed by atoms with Crippen molar-refractivity contribution in [2.24, 2.45) is 0 Å². The number of amides is 1. The van der Waals surface area contributed by atoms with Gasteiger partial charge in [0.25, 0.3) is 5.91 Å². The Hall–Kier alpha value is -2.33. The normalized spacial score (nSPS) is 16.8. The van der Waals surface area contributed by atoms with Crippen molar-refractivity contribution in [2.75, 3.05) is 25.2 Å². The molecule has 4 nitrogen and oxygen atoms in total. The van der Waals surface area contributed by atoms with Crippen LogP contribution in [0.5, 0.6) is 5.75 Å². The van der Waals surface area contributed by atoms with Gasteiger partial charge >= 0.3 is 0 Å². The van der Waals surface area contributed by atoms with E-state index in [1.807, 2.05) is 55.5 Å². The lowest BCUT2D eigenvalue weighted by Gasteiger charge is -2.33. The van der Waals surface area contributed by atoms with Crippen LogP contribution in [0.4, 0.5) is 5.69 Å². The number of methoxy groups -OCH3 is 1. The van der Waals surface area contributed by atoms with Gasteiger partial charge in [0.1, 0.15) is 5.75 Å². The van der Waals surface area contributed by atoms with Gasteiger partial charge in [-0.3, -0.25) is 4.79 Å². The van der Waals surface area contributed by atoms with Crippen molar-refractivity contribution >= 4 is 11.6 Å². The van der Waals surface area contributed by atoms with E-state index in [1.165, 1.54) is 0 Å². The molecule has 0 saturated heterocycles. The topological polar surface area (TPSA) is 38.8 Å². The van der Waals surface area contributed by atoms with Crippen molar-refractivity contribution in [3.05, 3.63) is 59.7 Å². The lowest BCUT2D eigenvalue weighted by atomic mass is 9.98. The highest BCUT2D eigenvalue weighted by Crippen LogP contribution is 2.35. The maximum atomic E-state index is 12.6. The van der Waals surface area contributed by atoms with E-state index >= 15 is 0 Å². The third-order valence-corrected chi connectivity index (χ3v) is 4.13. The van der Waals surface area contributed by atoms with E-state index in [1.54, 1.807) is 12.0 Å². The average molecular weight is 311 g/mol. The van der Waals surface area contributed by atoms with Gasteiger partial charge in [-0.2, -0.15) is 0 Å². The molecule has 0 radical (unpaired) electrons. The summed E-state index contributed by atoms with van der Waals surface area (Å²) in [5.41, 5.74) is 3.09. The van der Waals surface area contributed by atoms with Gasteiger partial charge in [-0.15, -0.1) is 0 Å². The van der Waals surface area contributed by atoms with Crippen molar-refractivity contribution in [1.82, 2.24) is 0 Å². The van der Waals surface area contributed by atoms with Crippen molar-refractivity contribution in [3.8, 4) is 5.75 Å². The third kappa shape index (κ3) is 3.37. The fourth-order valence-corrected chi connectivity index (χ4v) is 2.96. The first kappa shape index (κ1) is 15.6. The third-order valence-electron chi connectivity index (χ3n) is 4.13. The molecule has 120 valence electrons. The quantitative estimate of drug-likeness (QED) is 0.867. The molecule has 1 heterocycles. The van der Waals surface area contributed by atoms with Crippen LogP contribution in [0.25, 0.3) is 0 Å². The Labute approximate surface area is 136 Å². The summed E-state index contributed by atoms with van der Waals surface area (Å²) >= 11 is 0. The standard InChI is InChI=1S/C19H21NO3/c1-14-6-5-7-15(12-14)23-13-19(21)20-11-10-18(22-2)16-8-3-4-9-17(16)20/h3-9,12,18H,10-11,13H2,1-2H3. The van der Waals surface area contributed by atoms with Crippen molar-refractivity contribution in [2.45, 2.75) is 19.4 Å². The number of ether oxygens (including phenoxy) is 2. The van der Waals surface area contributed by atoms with Crippen LogP contribution >= 0.6 is 0 Å². The molecule has 2 aromatic carbocycles. The molecule has 0 saturated carbocycles. The minimum absolute atomic E-state index is 0.0338. The van der Waals surface area contributed by atoms with E-state index in [0.717, 1.165) is 29.0 Å². The molecule has 0 spiro atoms. The summed E-state index contributed by atoms with van der Waals surface area (Å²) < 4.78 is 11.2.